The molecule has 0 saturated carbocycles. The van der Waals surface area contributed by atoms with Crippen molar-refractivity contribution in [2.75, 3.05) is 5.73 Å². The number of nitrogen functional groups attached to an aromatic ring is 1. The Balaban J connectivity index is 2.16. The Bertz CT molecular complexity index is 1540. The van der Waals surface area contributed by atoms with Crippen molar-refractivity contribution in [1.29, 1.82) is 0 Å². The minimum atomic E-state index is -4.80. The Morgan fingerprint density at radius 3 is 2.23 bits per heavy atom. The quantitative estimate of drug-likeness (QED) is 0.337. The second kappa shape index (κ2) is 7.38. The van der Waals surface area contributed by atoms with Crippen LogP contribution >= 0.6 is 11.6 Å². The van der Waals surface area contributed by atoms with Crippen LogP contribution in [0, 0.1) is 0 Å². The standard InChI is InChI=1S/C21H17ClN2O5S2/c1-24-17-8-5-9-18(30(25,26)14-10-11-16(23)15(22)12-14)19(17)21(31(27,28)29)20(24)13-6-3-2-4-7-13/h2-12H,23H2,1H3,(H,27,28,29). The zero-order chi connectivity index (χ0) is 22.6. The van der Waals surface area contributed by atoms with Gasteiger partial charge in [-0.1, -0.05) is 48.0 Å². The molecule has 0 bridgehead atoms. The van der Waals surface area contributed by atoms with E-state index in [1.165, 1.54) is 30.3 Å². The molecule has 1 aromatic heterocycles. The van der Waals surface area contributed by atoms with E-state index in [9.17, 15) is 21.4 Å². The third-order valence-electron chi connectivity index (χ3n) is 5.02. The monoisotopic (exact) mass is 476 g/mol. The van der Waals surface area contributed by atoms with Crippen molar-refractivity contribution in [1.82, 2.24) is 4.57 Å². The van der Waals surface area contributed by atoms with E-state index in [0.29, 0.717) is 11.1 Å². The predicted octanol–water partition coefficient (Wildman–Crippen LogP) is 4.16. The molecule has 0 aliphatic carbocycles. The van der Waals surface area contributed by atoms with Crippen LogP contribution in [0.2, 0.25) is 5.02 Å². The van der Waals surface area contributed by atoms with Gasteiger partial charge in [-0.15, -0.1) is 0 Å². The smallest absolute Gasteiger partial charge is 0.297 e. The summed E-state index contributed by atoms with van der Waals surface area (Å²) in [6, 6.07) is 16.8. The fourth-order valence-electron chi connectivity index (χ4n) is 3.62. The number of sulfone groups is 1. The first-order chi connectivity index (χ1) is 14.5. The maximum Gasteiger partial charge on any atom is 0.297 e. The van der Waals surface area contributed by atoms with Crippen LogP contribution in [0.25, 0.3) is 22.2 Å². The third-order valence-corrected chi connectivity index (χ3v) is 8.05. The zero-order valence-corrected chi connectivity index (χ0v) is 18.5. The lowest BCUT2D eigenvalue weighted by molar-refractivity contribution is 0.484. The molecule has 3 N–H and O–H groups in total. The van der Waals surface area contributed by atoms with Crippen LogP contribution in [0.5, 0.6) is 0 Å². The molecule has 7 nitrogen and oxygen atoms in total. The number of hydrogen-bond donors (Lipinski definition) is 2. The third kappa shape index (κ3) is 3.49. The highest BCUT2D eigenvalue weighted by atomic mass is 35.5. The van der Waals surface area contributed by atoms with E-state index in [-0.39, 0.29) is 31.6 Å². The van der Waals surface area contributed by atoms with Crippen molar-refractivity contribution in [3.05, 3.63) is 71.8 Å². The Morgan fingerprint density at radius 2 is 1.61 bits per heavy atom. The van der Waals surface area contributed by atoms with Crippen molar-refractivity contribution >= 4 is 48.1 Å². The highest BCUT2D eigenvalue weighted by Crippen LogP contribution is 2.41. The summed E-state index contributed by atoms with van der Waals surface area (Å²) >= 11 is 6.01. The molecule has 0 atom stereocenters. The number of hydrogen-bond acceptors (Lipinski definition) is 5. The van der Waals surface area contributed by atoms with Crippen molar-refractivity contribution < 1.29 is 21.4 Å². The van der Waals surface area contributed by atoms with Gasteiger partial charge in [-0.2, -0.15) is 8.42 Å². The van der Waals surface area contributed by atoms with Gasteiger partial charge in [-0.3, -0.25) is 4.55 Å². The van der Waals surface area contributed by atoms with Gasteiger partial charge in [0.25, 0.3) is 10.1 Å². The van der Waals surface area contributed by atoms with Gasteiger partial charge < -0.3 is 10.3 Å². The first-order valence-corrected chi connectivity index (χ1v) is 12.3. The van der Waals surface area contributed by atoms with E-state index in [4.69, 9.17) is 17.3 Å². The molecule has 4 aromatic rings. The maximum absolute atomic E-state index is 13.5. The second-order valence-corrected chi connectivity index (χ2v) is 10.6. The number of aromatic nitrogens is 1. The van der Waals surface area contributed by atoms with E-state index < -0.39 is 24.9 Å². The molecule has 1 heterocycles. The number of halogens is 1. The van der Waals surface area contributed by atoms with Crippen molar-refractivity contribution in [3.8, 4) is 11.3 Å². The number of nitrogens with two attached hydrogens (primary N) is 1. The molecule has 0 aliphatic heterocycles. The first kappa shape index (κ1) is 21.4. The number of rotatable bonds is 4. The summed E-state index contributed by atoms with van der Waals surface area (Å²) < 4.78 is 63.5. The Labute approximate surface area is 184 Å². The van der Waals surface area contributed by atoms with Crippen LogP contribution in [-0.4, -0.2) is 26.0 Å². The molecule has 0 fully saturated rings. The number of anilines is 1. The second-order valence-electron chi connectivity index (χ2n) is 6.91. The minimum Gasteiger partial charge on any atom is -0.398 e. The summed E-state index contributed by atoms with van der Waals surface area (Å²) in [7, 11) is -7.39. The number of benzene rings is 3. The van der Waals surface area contributed by atoms with E-state index in [1.807, 2.05) is 0 Å². The molecule has 0 spiro atoms. The van der Waals surface area contributed by atoms with Crippen LogP contribution in [0.4, 0.5) is 5.69 Å². The van der Waals surface area contributed by atoms with Crippen molar-refractivity contribution in [2.45, 2.75) is 14.7 Å². The lowest BCUT2D eigenvalue weighted by atomic mass is 10.1. The van der Waals surface area contributed by atoms with E-state index in [1.54, 1.807) is 48.0 Å². The molecular weight excluding hydrogens is 460 g/mol. The van der Waals surface area contributed by atoms with E-state index in [0.717, 1.165) is 0 Å². The number of nitrogens with zero attached hydrogens (tertiary/aromatic N) is 1. The van der Waals surface area contributed by atoms with Gasteiger partial charge in [-0.25, -0.2) is 8.42 Å². The van der Waals surface area contributed by atoms with Gasteiger partial charge in [0.1, 0.15) is 4.90 Å². The summed E-state index contributed by atoms with van der Waals surface area (Å²) in [5.41, 5.74) is 6.91. The SMILES string of the molecule is Cn1c(-c2ccccc2)c(S(=O)(=O)O)c2c(S(=O)(=O)c3ccc(N)c(Cl)c3)cccc21. The lowest BCUT2D eigenvalue weighted by Crippen LogP contribution is -2.06. The normalized spacial score (nSPS) is 12.4. The maximum atomic E-state index is 13.5. The van der Waals surface area contributed by atoms with Gasteiger partial charge in [0.2, 0.25) is 9.84 Å². The topological polar surface area (TPSA) is 119 Å². The lowest BCUT2D eigenvalue weighted by Gasteiger charge is -2.09. The zero-order valence-electron chi connectivity index (χ0n) is 16.2. The minimum absolute atomic E-state index is 0.0567. The summed E-state index contributed by atoms with van der Waals surface area (Å²) in [6.07, 6.45) is 0. The highest BCUT2D eigenvalue weighted by molar-refractivity contribution is 7.92. The van der Waals surface area contributed by atoms with Crippen molar-refractivity contribution in [2.24, 2.45) is 7.05 Å². The van der Waals surface area contributed by atoms with Crippen LogP contribution in [0.3, 0.4) is 0 Å². The number of aryl methyl sites for hydroxylation is 1. The van der Waals surface area contributed by atoms with Gasteiger partial charge in [0, 0.05) is 12.4 Å². The molecule has 160 valence electrons. The average molecular weight is 477 g/mol. The van der Waals surface area contributed by atoms with Gasteiger partial charge in [0.15, 0.2) is 0 Å². The summed E-state index contributed by atoms with van der Waals surface area (Å²) in [6.45, 7) is 0. The average Bonchev–Trinajstić information content (AvgIpc) is 3.03. The van der Waals surface area contributed by atoms with Crippen LogP contribution in [-0.2, 0) is 27.0 Å². The summed E-state index contributed by atoms with van der Waals surface area (Å²) in [4.78, 5) is -0.890. The summed E-state index contributed by atoms with van der Waals surface area (Å²) in [5, 5.41) is -0.0411. The molecule has 31 heavy (non-hydrogen) atoms. The van der Waals surface area contributed by atoms with Gasteiger partial charge in [0.05, 0.1) is 31.7 Å². The highest BCUT2D eigenvalue weighted by Gasteiger charge is 2.31. The molecule has 0 unspecified atom stereocenters. The van der Waals surface area contributed by atoms with Crippen LogP contribution < -0.4 is 5.73 Å². The molecule has 4 rings (SSSR count). The molecule has 3 aromatic carbocycles. The Hall–Kier alpha value is -2.85. The fourth-order valence-corrected chi connectivity index (χ4v) is 6.40. The molecule has 10 heteroatoms. The van der Waals surface area contributed by atoms with Crippen molar-refractivity contribution in [3.63, 3.8) is 0 Å². The Kier molecular flexibility index (Phi) is 5.09. The van der Waals surface area contributed by atoms with Gasteiger partial charge in [-0.05, 0) is 35.9 Å². The molecule has 0 amide bonds. The first-order valence-electron chi connectivity index (χ1n) is 8.98. The van der Waals surface area contributed by atoms with E-state index >= 15 is 0 Å². The predicted molar refractivity (Wildman–Crippen MR) is 119 cm³/mol. The number of fused-ring (bicyclic) bond motifs is 1. The molecule has 0 aliphatic rings. The van der Waals surface area contributed by atoms with Gasteiger partial charge >= 0.3 is 0 Å². The van der Waals surface area contributed by atoms with Crippen LogP contribution in [0.15, 0.2) is 81.4 Å². The fraction of sp³-hybridized carbons (Fsp3) is 0.0476. The van der Waals surface area contributed by atoms with Crippen LogP contribution in [0.1, 0.15) is 0 Å². The summed E-state index contributed by atoms with van der Waals surface area (Å²) in [5.74, 6) is 0. The largest absolute Gasteiger partial charge is 0.398 e. The van der Waals surface area contributed by atoms with E-state index in [2.05, 4.69) is 0 Å². The Morgan fingerprint density at radius 1 is 0.935 bits per heavy atom. The molecule has 0 radical (unpaired) electrons. The molecule has 0 saturated heterocycles. The molecular formula is C21H17ClN2O5S2.